The number of rotatable bonds is 2. The topological polar surface area (TPSA) is 26.0 Å². The summed E-state index contributed by atoms with van der Waals surface area (Å²) in [6.45, 7) is 0. The molecule has 1 nitrogen and oxygen atoms in total. The van der Waals surface area contributed by atoms with Gasteiger partial charge in [-0.3, -0.25) is 0 Å². The number of benzene rings is 1. The van der Waals surface area contributed by atoms with E-state index in [4.69, 9.17) is 5.73 Å². The summed E-state index contributed by atoms with van der Waals surface area (Å²) >= 11 is 5.61. The van der Waals surface area contributed by atoms with Crippen molar-refractivity contribution in [3.8, 4) is 0 Å². The smallest absolute Gasteiger partial charge is 0.0342 e. The highest BCUT2D eigenvalue weighted by atomic mass is 79.9. The fourth-order valence-corrected chi connectivity index (χ4v) is 3.81. The monoisotopic (exact) mass is 285 g/mol. The van der Waals surface area contributed by atoms with Gasteiger partial charge in [0.05, 0.1) is 0 Å². The summed E-state index contributed by atoms with van der Waals surface area (Å²) in [5.41, 5.74) is 7.58. The van der Waals surface area contributed by atoms with Crippen LogP contribution in [-0.2, 0) is 0 Å². The van der Waals surface area contributed by atoms with E-state index in [1.807, 2.05) is 17.8 Å². The van der Waals surface area contributed by atoms with Crippen LogP contribution in [0.25, 0.3) is 0 Å². The van der Waals surface area contributed by atoms with Gasteiger partial charge < -0.3 is 5.73 Å². The molecule has 1 aliphatic heterocycles. The maximum absolute atomic E-state index is 6.33. The Morgan fingerprint density at radius 2 is 2.20 bits per heavy atom. The molecule has 0 aromatic heterocycles. The van der Waals surface area contributed by atoms with E-state index in [-0.39, 0.29) is 6.04 Å². The molecule has 0 spiro atoms. The molecule has 2 unspecified atom stereocenters. The third-order valence-electron chi connectivity index (χ3n) is 2.97. The molecule has 1 heterocycles. The molecule has 1 aromatic rings. The molecule has 0 saturated carbocycles. The van der Waals surface area contributed by atoms with Crippen molar-refractivity contribution in [2.45, 2.75) is 18.9 Å². The molecule has 0 bridgehead atoms. The fraction of sp³-hybridized carbons (Fsp3) is 0.500. The zero-order valence-corrected chi connectivity index (χ0v) is 11.1. The Balaban J connectivity index is 2.12. The lowest BCUT2D eigenvalue weighted by Crippen LogP contribution is -2.26. The minimum Gasteiger partial charge on any atom is -0.324 e. The van der Waals surface area contributed by atoms with E-state index in [0.717, 1.165) is 4.47 Å². The van der Waals surface area contributed by atoms with Crippen LogP contribution in [0.4, 0.5) is 0 Å². The van der Waals surface area contributed by atoms with Crippen LogP contribution in [0.1, 0.15) is 24.4 Å². The lowest BCUT2D eigenvalue weighted by Gasteiger charge is -2.28. The van der Waals surface area contributed by atoms with Crippen molar-refractivity contribution in [3.05, 3.63) is 34.3 Å². The van der Waals surface area contributed by atoms with Gasteiger partial charge in [0.2, 0.25) is 0 Å². The lowest BCUT2D eigenvalue weighted by atomic mass is 9.91. The first-order chi connectivity index (χ1) is 7.29. The molecule has 0 radical (unpaired) electrons. The summed E-state index contributed by atoms with van der Waals surface area (Å²) in [4.78, 5) is 0. The van der Waals surface area contributed by atoms with E-state index in [1.165, 1.54) is 29.9 Å². The van der Waals surface area contributed by atoms with Crippen molar-refractivity contribution in [1.82, 2.24) is 0 Å². The minimum atomic E-state index is 0.188. The van der Waals surface area contributed by atoms with Crippen LogP contribution in [0.3, 0.4) is 0 Å². The van der Waals surface area contributed by atoms with Gasteiger partial charge in [-0.2, -0.15) is 11.8 Å². The van der Waals surface area contributed by atoms with E-state index in [9.17, 15) is 0 Å². The van der Waals surface area contributed by atoms with Gasteiger partial charge in [0.15, 0.2) is 0 Å². The zero-order valence-electron chi connectivity index (χ0n) is 8.66. The van der Waals surface area contributed by atoms with Crippen LogP contribution in [-0.4, -0.2) is 11.5 Å². The van der Waals surface area contributed by atoms with Gasteiger partial charge in [0.1, 0.15) is 0 Å². The molecular weight excluding hydrogens is 270 g/mol. The summed E-state index contributed by atoms with van der Waals surface area (Å²) in [5.74, 6) is 3.16. The summed E-state index contributed by atoms with van der Waals surface area (Å²) < 4.78 is 1.15. The second-order valence-corrected chi connectivity index (χ2v) is 6.03. The normalized spacial score (nSPS) is 23.7. The molecule has 1 aliphatic rings. The van der Waals surface area contributed by atoms with E-state index >= 15 is 0 Å². The summed E-state index contributed by atoms with van der Waals surface area (Å²) in [6.07, 6.45) is 2.59. The van der Waals surface area contributed by atoms with Gasteiger partial charge in [-0.1, -0.05) is 34.1 Å². The van der Waals surface area contributed by atoms with Gasteiger partial charge in [-0.25, -0.2) is 0 Å². The van der Waals surface area contributed by atoms with E-state index in [2.05, 4.69) is 34.1 Å². The molecule has 2 atom stereocenters. The second-order valence-electron chi connectivity index (χ2n) is 4.02. The van der Waals surface area contributed by atoms with Gasteiger partial charge in [-0.15, -0.1) is 0 Å². The van der Waals surface area contributed by atoms with Crippen LogP contribution in [0, 0.1) is 5.92 Å². The van der Waals surface area contributed by atoms with Crippen molar-refractivity contribution in [1.29, 1.82) is 0 Å². The predicted octanol–water partition coefficient (Wildman–Crippen LogP) is 3.59. The number of thioether (sulfide) groups is 1. The molecule has 2 rings (SSSR count). The summed E-state index contributed by atoms with van der Waals surface area (Å²) in [6, 6.07) is 8.50. The largest absolute Gasteiger partial charge is 0.324 e. The molecule has 82 valence electrons. The van der Waals surface area contributed by atoms with Crippen LogP contribution >= 0.6 is 27.7 Å². The van der Waals surface area contributed by atoms with Crippen LogP contribution in [0.5, 0.6) is 0 Å². The van der Waals surface area contributed by atoms with E-state index < -0.39 is 0 Å². The quantitative estimate of drug-likeness (QED) is 0.899. The molecular formula is C12H16BrNS. The Hall–Kier alpha value is 0.01000. The third kappa shape index (κ3) is 2.77. The van der Waals surface area contributed by atoms with Gasteiger partial charge in [0.25, 0.3) is 0 Å². The van der Waals surface area contributed by atoms with Gasteiger partial charge in [-0.05, 0) is 41.9 Å². The highest BCUT2D eigenvalue weighted by Crippen LogP contribution is 2.34. The minimum absolute atomic E-state index is 0.188. The first-order valence-corrected chi connectivity index (χ1v) is 7.31. The maximum Gasteiger partial charge on any atom is 0.0342 e. The molecule has 0 amide bonds. The first-order valence-electron chi connectivity index (χ1n) is 5.37. The number of hydrogen-bond donors (Lipinski definition) is 1. The SMILES string of the molecule is NC(c1ccccc1Br)C1CCCSC1. The maximum atomic E-state index is 6.33. The molecule has 15 heavy (non-hydrogen) atoms. The van der Waals surface area contributed by atoms with Crippen LogP contribution < -0.4 is 5.73 Å². The Bertz CT molecular complexity index is 323. The molecule has 1 aromatic carbocycles. The molecule has 3 heteroatoms. The van der Waals surface area contributed by atoms with E-state index in [1.54, 1.807) is 0 Å². The molecule has 1 saturated heterocycles. The van der Waals surface area contributed by atoms with Crippen molar-refractivity contribution >= 4 is 27.7 Å². The van der Waals surface area contributed by atoms with Gasteiger partial charge >= 0.3 is 0 Å². The lowest BCUT2D eigenvalue weighted by molar-refractivity contribution is 0.433. The van der Waals surface area contributed by atoms with Crippen molar-refractivity contribution in [2.24, 2.45) is 11.7 Å². The first kappa shape index (κ1) is 11.5. The zero-order chi connectivity index (χ0) is 10.7. The predicted molar refractivity (Wildman–Crippen MR) is 71.1 cm³/mol. The summed E-state index contributed by atoms with van der Waals surface area (Å²) in [5, 5.41) is 0. The highest BCUT2D eigenvalue weighted by molar-refractivity contribution is 9.10. The van der Waals surface area contributed by atoms with Crippen molar-refractivity contribution in [2.75, 3.05) is 11.5 Å². The Morgan fingerprint density at radius 1 is 1.40 bits per heavy atom. The molecule has 0 aliphatic carbocycles. The second kappa shape index (κ2) is 5.37. The van der Waals surface area contributed by atoms with Gasteiger partial charge in [0, 0.05) is 10.5 Å². The average molecular weight is 286 g/mol. The Morgan fingerprint density at radius 3 is 2.87 bits per heavy atom. The third-order valence-corrected chi connectivity index (χ3v) is 4.93. The fourth-order valence-electron chi connectivity index (χ4n) is 2.05. The number of halogens is 1. The van der Waals surface area contributed by atoms with Crippen molar-refractivity contribution in [3.63, 3.8) is 0 Å². The van der Waals surface area contributed by atoms with Crippen molar-refractivity contribution < 1.29 is 0 Å². The Labute approximate surface area is 104 Å². The molecule has 1 fully saturated rings. The number of nitrogens with two attached hydrogens (primary N) is 1. The Kier molecular flexibility index (Phi) is 4.12. The standard InChI is InChI=1S/C12H16BrNS/c13-11-6-2-1-5-10(11)12(14)9-4-3-7-15-8-9/h1-2,5-6,9,12H,3-4,7-8,14H2. The number of hydrogen-bond acceptors (Lipinski definition) is 2. The van der Waals surface area contributed by atoms with Crippen LogP contribution in [0.15, 0.2) is 28.7 Å². The van der Waals surface area contributed by atoms with Crippen LogP contribution in [0.2, 0.25) is 0 Å². The average Bonchev–Trinajstić information content (AvgIpc) is 2.30. The summed E-state index contributed by atoms with van der Waals surface area (Å²) in [7, 11) is 0. The molecule has 2 N–H and O–H groups in total. The highest BCUT2D eigenvalue weighted by Gasteiger charge is 2.23. The van der Waals surface area contributed by atoms with E-state index in [0.29, 0.717) is 5.92 Å².